The Morgan fingerprint density at radius 1 is 1.13 bits per heavy atom. The molecule has 0 unspecified atom stereocenters. The molecule has 0 spiro atoms. The number of aliphatic hydroxyl groups is 3. The molecule has 4 aromatic rings. The summed E-state index contributed by atoms with van der Waals surface area (Å²) in [4.78, 5) is 13.8. The summed E-state index contributed by atoms with van der Waals surface area (Å²) in [5.74, 6) is 0.240. The van der Waals surface area contributed by atoms with Crippen molar-refractivity contribution in [2.75, 3.05) is 20.3 Å². The highest BCUT2D eigenvalue weighted by molar-refractivity contribution is 6.07. The van der Waals surface area contributed by atoms with Gasteiger partial charge < -0.3 is 39.4 Å². The van der Waals surface area contributed by atoms with E-state index in [1.165, 1.54) is 0 Å². The smallest absolute Gasteiger partial charge is 0.254 e. The number of aromatic nitrogens is 1. The van der Waals surface area contributed by atoms with E-state index in [4.69, 9.17) is 14.2 Å². The average molecular weight is 519 g/mol. The number of methoxy groups -OCH3 is 1. The SMILES string of the molecule is COc1ccc2c(C(=O)N[C@@]34CCO[C@@H]3O[C@H](CO)[C@@H](O)[C@@H]4O)cn(Cc3ccc4ccccc4c3)c2c1. The number of hydrogen-bond acceptors (Lipinski definition) is 7. The lowest BCUT2D eigenvalue weighted by Gasteiger charge is -2.47. The normalized spacial score (nSPS) is 26.9. The fourth-order valence-corrected chi connectivity index (χ4v) is 5.67. The Labute approximate surface area is 219 Å². The summed E-state index contributed by atoms with van der Waals surface area (Å²) in [7, 11) is 1.60. The molecule has 38 heavy (non-hydrogen) atoms. The molecular weight excluding hydrogens is 488 g/mol. The van der Waals surface area contributed by atoms with Crippen LogP contribution in [-0.4, -0.2) is 76.3 Å². The van der Waals surface area contributed by atoms with Crippen LogP contribution in [0.15, 0.2) is 66.9 Å². The highest BCUT2D eigenvalue weighted by Crippen LogP contribution is 2.38. The summed E-state index contributed by atoms with van der Waals surface area (Å²) < 4.78 is 18.8. The van der Waals surface area contributed by atoms with Crippen LogP contribution in [0, 0.1) is 0 Å². The molecule has 0 aliphatic carbocycles. The Bertz CT molecular complexity index is 1500. The van der Waals surface area contributed by atoms with E-state index in [2.05, 4.69) is 35.6 Å². The summed E-state index contributed by atoms with van der Waals surface area (Å²) in [6.45, 7) is 0.279. The van der Waals surface area contributed by atoms with E-state index in [0.717, 1.165) is 27.2 Å². The van der Waals surface area contributed by atoms with Crippen LogP contribution < -0.4 is 10.1 Å². The summed E-state index contributed by atoms with van der Waals surface area (Å²) in [6, 6.07) is 20.0. The molecular formula is C29H30N2O7. The standard InChI is InChI=1S/C29H30N2O7/c1-36-20-8-9-21-22(27(35)30-29-10-11-37-28(29)38-24(16-32)25(33)26(29)34)15-31(23(21)13-20)14-17-6-7-18-4-2-3-5-19(18)12-17/h2-9,12-13,15,24-26,28,32-34H,10-11,14,16H2,1H3,(H,30,35)/t24-,25-,26+,28-,29-/m1/s1. The lowest BCUT2D eigenvalue weighted by Crippen LogP contribution is -2.71. The van der Waals surface area contributed by atoms with Gasteiger partial charge in [-0.1, -0.05) is 36.4 Å². The van der Waals surface area contributed by atoms with Gasteiger partial charge in [0.25, 0.3) is 5.91 Å². The van der Waals surface area contributed by atoms with Crippen molar-refractivity contribution < 1.29 is 34.3 Å². The van der Waals surface area contributed by atoms with Crippen molar-refractivity contribution in [3.63, 3.8) is 0 Å². The first kappa shape index (κ1) is 24.8. The fraction of sp³-hybridized carbons (Fsp3) is 0.345. The van der Waals surface area contributed by atoms with Gasteiger partial charge in [-0.05, 0) is 34.5 Å². The minimum absolute atomic E-state index is 0.230. The summed E-state index contributed by atoms with van der Waals surface area (Å²) >= 11 is 0. The Hall–Kier alpha value is -3.47. The second-order valence-corrected chi connectivity index (χ2v) is 9.98. The average Bonchev–Trinajstić information content (AvgIpc) is 3.52. The van der Waals surface area contributed by atoms with E-state index in [0.29, 0.717) is 17.9 Å². The Kier molecular flexibility index (Phi) is 6.33. The molecule has 9 nitrogen and oxygen atoms in total. The van der Waals surface area contributed by atoms with Gasteiger partial charge in [0.1, 0.15) is 29.6 Å². The van der Waals surface area contributed by atoms with Gasteiger partial charge in [0.2, 0.25) is 0 Å². The van der Waals surface area contributed by atoms with E-state index in [-0.39, 0.29) is 13.0 Å². The predicted molar refractivity (Wildman–Crippen MR) is 140 cm³/mol. The number of benzene rings is 3. The molecule has 0 radical (unpaired) electrons. The highest BCUT2D eigenvalue weighted by Gasteiger charge is 2.59. The van der Waals surface area contributed by atoms with Gasteiger partial charge in [0.05, 0.1) is 31.4 Å². The number of nitrogens with zero attached hydrogens (tertiary/aromatic N) is 1. The molecule has 2 fully saturated rings. The maximum absolute atomic E-state index is 13.8. The minimum Gasteiger partial charge on any atom is -0.497 e. The zero-order valence-electron chi connectivity index (χ0n) is 20.9. The van der Waals surface area contributed by atoms with Crippen LogP contribution in [0.2, 0.25) is 0 Å². The number of ether oxygens (including phenoxy) is 3. The maximum Gasteiger partial charge on any atom is 0.254 e. The Balaban J connectivity index is 1.36. The lowest BCUT2D eigenvalue weighted by atomic mass is 9.82. The molecule has 6 rings (SSSR count). The monoisotopic (exact) mass is 518 g/mol. The zero-order chi connectivity index (χ0) is 26.4. The highest BCUT2D eigenvalue weighted by atomic mass is 16.7. The zero-order valence-corrected chi connectivity index (χ0v) is 20.9. The van der Waals surface area contributed by atoms with Gasteiger partial charge in [-0.25, -0.2) is 0 Å². The van der Waals surface area contributed by atoms with Crippen molar-refractivity contribution in [3.8, 4) is 5.75 Å². The van der Waals surface area contributed by atoms with Crippen LogP contribution in [0.25, 0.3) is 21.7 Å². The third-order valence-corrected chi connectivity index (χ3v) is 7.76. The molecule has 0 bridgehead atoms. The molecule has 1 aromatic heterocycles. The first-order valence-electron chi connectivity index (χ1n) is 12.6. The van der Waals surface area contributed by atoms with Crippen LogP contribution >= 0.6 is 0 Å². The largest absolute Gasteiger partial charge is 0.497 e. The molecule has 3 heterocycles. The van der Waals surface area contributed by atoms with Gasteiger partial charge in [-0.2, -0.15) is 0 Å². The van der Waals surface area contributed by atoms with Gasteiger partial charge >= 0.3 is 0 Å². The van der Waals surface area contributed by atoms with Crippen LogP contribution in [0.4, 0.5) is 0 Å². The number of fused-ring (bicyclic) bond motifs is 3. The molecule has 2 saturated heterocycles. The van der Waals surface area contributed by atoms with E-state index in [9.17, 15) is 20.1 Å². The second-order valence-electron chi connectivity index (χ2n) is 9.98. The Morgan fingerprint density at radius 2 is 1.95 bits per heavy atom. The van der Waals surface area contributed by atoms with Gasteiger partial charge in [0.15, 0.2) is 6.29 Å². The molecule has 9 heteroatoms. The van der Waals surface area contributed by atoms with Gasteiger partial charge in [0, 0.05) is 30.6 Å². The minimum atomic E-state index is -1.38. The Morgan fingerprint density at radius 3 is 2.74 bits per heavy atom. The molecule has 3 aromatic carbocycles. The molecule has 4 N–H and O–H groups in total. The van der Waals surface area contributed by atoms with Crippen molar-refractivity contribution in [2.24, 2.45) is 0 Å². The predicted octanol–water partition coefficient (Wildman–Crippen LogP) is 2.18. The van der Waals surface area contributed by atoms with Crippen molar-refractivity contribution in [1.82, 2.24) is 9.88 Å². The first-order chi connectivity index (χ1) is 18.4. The number of amides is 1. The van der Waals surface area contributed by atoms with Crippen molar-refractivity contribution in [2.45, 2.75) is 43.1 Å². The topological polar surface area (TPSA) is 122 Å². The quantitative estimate of drug-likeness (QED) is 0.309. The maximum atomic E-state index is 13.8. The number of hydrogen-bond donors (Lipinski definition) is 4. The third-order valence-electron chi connectivity index (χ3n) is 7.76. The van der Waals surface area contributed by atoms with E-state index in [1.54, 1.807) is 19.4 Å². The van der Waals surface area contributed by atoms with Crippen molar-refractivity contribution >= 4 is 27.6 Å². The van der Waals surface area contributed by atoms with E-state index < -0.39 is 42.7 Å². The molecule has 1 amide bonds. The number of aliphatic hydroxyl groups excluding tert-OH is 3. The van der Waals surface area contributed by atoms with Gasteiger partial charge in [-0.15, -0.1) is 0 Å². The number of carbonyl (C=O) groups excluding carboxylic acids is 1. The number of nitrogens with one attached hydrogen (secondary N) is 1. The molecule has 2 aliphatic rings. The van der Waals surface area contributed by atoms with Crippen LogP contribution in [0.1, 0.15) is 22.3 Å². The van der Waals surface area contributed by atoms with Crippen LogP contribution in [-0.2, 0) is 16.0 Å². The first-order valence-corrected chi connectivity index (χ1v) is 12.6. The summed E-state index contributed by atoms with van der Waals surface area (Å²) in [6.07, 6.45) is -2.71. The van der Waals surface area contributed by atoms with Gasteiger partial charge in [-0.3, -0.25) is 4.79 Å². The van der Waals surface area contributed by atoms with E-state index in [1.807, 2.05) is 28.8 Å². The van der Waals surface area contributed by atoms with Crippen molar-refractivity contribution in [3.05, 3.63) is 78.0 Å². The molecule has 0 saturated carbocycles. The number of carbonyl (C=O) groups is 1. The summed E-state index contributed by atoms with van der Waals surface area (Å²) in [5, 5.41) is 37.0. The third kappa shape index (κ3) is 4.03. The van der Waals surface area contributed by atoms with E-state index >= 15 is 0 Å². The molecule has 198 valence electrons. The van der Waals surface area contributed by atoms with Crippen LogP contribution in [0.5, 0.6) is 5.75 Å². The second kappa shape index (κ2) is 9.68. The molecule has 2 aliphatic heterocycles. The lowest BCUT2D eigenvalue weighted by molar-refractivity contribution is -0.269. The fourth-order valence-electron chi connectivity index (χ4n) is 5.67. The number of rotatable bonds is 6. The van der Waals surface area contributed by atoms with Crippen LogP contribution in [0.3, 0.4) is 0 Å². The van der Waals surface area contributed by atoms with Crippen molar-refractivity contribution in [1.29, 1.82) is 0 Å². The molecule has 5 atom stereocenters. The summed E-state index contributed by atoms with van der Waals surface area (Å²) in [5.41, 5.74) is 0.962.